The Hall–Kier alpha value is -1.77. The topological polar surface area (TPSA) is 32.3 Å². The van der Waals surface area contributed by atoms with Gasteiger partial charge in [0.15, 0.2) is 5.78 Å². The fraction of sp³-hybridized carbons (Fsp3) is 0.609. The van der Waals surface area contributed by atoms with Gasteiger partial charge < -0.3 is 5.43 Å². The number of anilines is 1. The molecule has 1 aromatic carbocycles. The van der Waals surface area contributed by atoms with Crippen LogP contribution in [0.3, 0.4) is 0 Å². The second-order valence-corrected chi connectivity index (χ2v) is 10.3. The summed E-state index contributed by atoms with van der Waals surface area (Å²) >= 11 is 0. The van der Waals surface area contributed by atoms with Crippen LogP contribution < -0.4 is 10.4 Å². The number of benzene rings is 1. The van der Waals surface area contributed by atoms with Gasteiger partial charge in [0, 0.05) is 17.7 Å². The summed E-state index contributed by atoms with van der Waals surface area (Å²) in [5, 5.41) is 2.24. The summed E-state index contributed by atoms with van der Waals surface area (Å²) in [6.07, 6.45) is 3.76. The largest absolute Gasteiger partial charge is 0.301 e. The van der Waals surface area contributed by atoms with Crippen LogP contribution in [0.4, 0.5) is 5.69 Å². The molecule has 0 radical (unpaired) electrons. The number of nitrogens with one attached hydrogen (secondary N) is 1. The molecule has 0 spiro atoms. The minimum Gasteiger partial charge on any atom is -0.301 e. The highest BCUT2D eigenvalue weighted by Gasteiger charge is 2.43. The Morgan fingerprint density at radius 1 is 1.19 bits per heavy atom. The highest BCUT2D eigenvalue weighted by atomic mass is 16.1. The normalized spacial score (nSPS) is 23.7. The summed E-state index contributed by atoms with van der Waals surface area (Å²) in [6, 6.07) is 10.6. The van der Waals surface area contributed by atoms with E-state index < -0.39 is 0 Å². The van der Waals surface area contributed by atoms with Gasteiger partial charge in [-0.2, -0.15) is 0 Å². The quantitative estimate of drug-likeness (QED) is 0.776. The molecule has 1 N–H and O–H groups in total. The van der Waals surface area contributed by atoms with E-state index in [0.29, 0.717) is 23.5 Å². The fourth-order valence-electron chi connectivity index (χ4n) is 4.74. The minimum atomic E-state index is 0.0389. The molecule has 3 nitrogen and oxygen atoms in total. The summed E-state index contributed by atoms with van der Waals surface area (Å²) in [4.78, 5) is 13.0. The number of hydrogen-bond acceptors (Lipinski definition) is 3. The lowest BCUT2D eigenvalue weighted by atomic mass is 9.73. The zero-order valence-corrected chi connectivity index (χ0v) is 17.2. The number of hydrazine groups is 1. The van der Waals surface area contributed by atoms with Crippen LogP contribution in [0.1, 0.15) is 67.2 Å². The summed E-state index contributed by atoms with van der Waals surface area (Å²) in [5.41, 5.74) is 7.27. The van der Waals surface area contributed by atoms with Gasteiger partial charge in [0.2, 0.25) is 0 Å². The van der Waals surface area contributed by atoms with Gasteiger partial charge in [-0.05, 0) is 48.1 Å². The van der Waals surface area contributed by atoms with Crippen molar-refractivity contribution in [1.29, 1.82) is 0 Å². The molecule has 0 saturated heterocycles. The van der Waals surface area contributed by atoms with E-state index in [1.165, 1.54) is 0 Å². The summed E-state index contributed by atoms with van der Waals surface area (Å²) in [7, 11) is 0. The molecule has 142 valence electrons. The summed E-state index contributed by atoms with van der Waals surface area (Å²) < 4.78 is 0. The van der Waals surface area contributed by atoms with Crippen LogP contribution >= 0.6 is 0 Å². The molecule has 0 aromatic heterocycles. The van der Waals surface area contributed by atoms with Crippen LogP contribution in [0.25, 0.3) is 0 Å². The van der Waals surface area contributed by atoms with E-state index in [0.717, 1.165) is 36.2 Å². The Morgan fingerprint density at radius 3 is 2.46 bits per heavy atom. The van der Waals surface area contributed by atoms with Crippen molar-refractivity contribution in [2.45, 2.75) is 73.3 Å². The average molecular weight is 355 g/mol. The van der Waals surface area contributed by atoms with E-state index in [1.807, 2.05) is 6.07 Å². The maximum absolute atomic E-state index is 13.0. The predicted molar refractivity (Wildman–Crippen MR) is 109 cm³/mol. The number of allylic oxidation sites excluding steroid dienone is 1. The first-order chi connectivity index (χ1) is 12.1. The van der Waals surface area contributed by atoms with Crippen molar-refractivity contribution < 1.29 is 4.79 Å². The lowest BCUT2D eigenvalue weighted by Crippen LogP contribution is -2.41. The number of ketones is 1. The molecule has 26 heavy (non-hydrogen) atoms. The van der Waals surface area contributed by atoms with Gasteiger partial charge in [0.1, 0.15) is 0 Å². The van der Waals surface area contributed by atoms with Crippen LogP contribution in [-0.4, -0.2) is 11.8 Å². The number of carbonyl (C=O) groups is 1. The Morgan fingerprint density at radius 2 is 1.85 bits per heavy atom. The summed E-state index contributed by atoms with van der Waals surface area (Å²) in [6.45, 7) is 13.6. The Bertz CT molecular complexity index is 697. The van der Waals surface area contributed by atoms with Crippen molar-refractivity contribution >= 4 is 11.5 Å². The lowest BCUT2D eigenvalue weighted by molar-refractivity contribution is -0.118. The maximum Gasteiger partial charge on any atom is 0.163 e. The first kappa shape index (κ1) is 19.0. The van der Waals surface area contributed by atoms with Crippen molar-refractivity contribution in [3.63, 3.8) is 0 Å². The van der Waals surface area contributed by atoms with Crippen molar-refractivity contribution in [1.82, 2.24) is 5.43 Å². The van der Waals surface area contributed by atoms with Crippen molar-refractivity contribution in [2.75, 3.05) is 5.01 Å². The number of rotatable bonds is 4. The molecule has 1 aliphatic carbocycles. The Balaban J connectivity index is 1.91. The van der Waals surface area contributed by atoms with Crippen LogP contribution in [0.2, 0.25) is 0 Å². The fourth-order valence-corrected chi connectivity index (χ4v) is 4.74. The SMILES string of the molecule is CC(CC1C2=C(CC(C)(C)CC2=O)NN1c1ccccc1)CC(C)(C)C. The third-order valence-electron chi connectivity index (χ3n) is 5.44. The molecule has 1 aromatic rings. The molecule has 0 bridgehead atoms. The molecular weight excluding hydrogens is 320 g/mol. The summed E-state index contributed by atoms with van der Waals surface area (Å²) in [5.74, 6) is 0.887. The molecule has 2 unspecified atom stereocenters. The molecule has 0 amide bonds. The molecule has 2 aliphatic rings. The van der Waals surface area contributed by atoms with Gasteiger partial charge in [0.25, 0.3) is 0 Å². The molecular formula is C23H34N2O. The first-order valence-corrected chi connectivity index (χ1v) is 9.93. The highest BCUT2D eigenvalue weighted by molar-refractivity contribution is 6.00. The van der Waals surface area contributed by atoms with Crippen LogP contribution in [0.15, 0.2) is 41.6 Å². The molecule has 2 atom stereocenters. The number of Topliss-reactive ketones (excluding diaryl/α,β-unsaturated/α-hetero) is 1. The van der Waals surface area contributed by atoms with Crippen LogP contribution in [0, 0.1) is 16.7 Å². The zero-order valence-electron chi connectivity index (χ0n) is 17.2. The van der Waals surface area contributed by atoms with Crippen LogP contribution in [-0.2, 0) is 4.79 Å². The average Bonchev–Trinajstić information content (AvgIpc) is 2.83. The Labute approximate surface area is 158 Å². The molecule has 3 rings (SSSR count). The van der Waals surface area contributed by atoms with Crippen molar-refractivity contribution in [3.05, 3.63) is 41.6 Å². The number of hydrogen-bond donors (Lipinski definition) is 1. The van der Waals surface area contributed by atoms with Gasteiger partial charge in [-0.3, -0.25) is 9.80 Å². The molecule has 1 aliphatic heterocycles. The second kappa shape index (κ2) is 6.75. The zero-order chi connectivity index (χ0) is 19.1. The van der Waals surface area contributed by atoms with Gasteiger partial charge in [-0.25, -0.2) is 0 Å². The predicted octanol–water partition coefficient (Wildman–Crippen LogP) is 5.49. The number of para-hydroxylation sites is 1. The molecule has 3 heteroatoms. The van der Waals surface area contributed by atoms with Crippen LogP contribution in [0.5, 0.6) is 0 Å². The van der Waals surface area contributed by atoms with E-state index >= 15 is 0 Å². The highest BCUT2D eigenvalue weighted by Crippen LogP contribution is 2.43. The molecule has 0 fully saturated rings. The lowest BCUT2D eigenvalue weighted by Gasteiger charge is -2.32. The van der Waals surface area contributed by atoms with E-state index in [-0.39, 0.29) is 11.5 Å². The first-order valence-electron chi connectivity index (χ1n) is 9.93. The maximum atomic E-state index is 13.0. The van der Waals surface area contributed by atoms with Gasteiger partial charge >= 0.3 is 0 Å². The van der Waals surface area contributed by atoms with E-state index in [4.69, 9.17) is 0 Å². The smallest absolute Gasteiger partial charge is 0.163 e. The second-order valence-electron chi connectivity index (χ2n) is 10.3. The van der Waals surface area contributed by atoms with Gasteiger partial charge in [-0.1, -0.05) is 59.7 Å². The Kier molecular flexibility index (Phi) is 4.94. The van der Waals surface area contributed by atoms with Gasteiger partial charge in [0.05, 0.1) is 11.7 Å². The monoisotopic (exact) mass is 354 g/mol. The van der Waals surface area contributed by atoms with Crippen molar-refractivity contribution in [3.8, 4) is 0 Å². The number of carbonyl (C=O) groups excluding carboxylic acids is 1. The minimum absolute atomic E-state index is 0.0389. The standard InChI is InChI=1S/C23H34N2O/c1-16(13-22(2,3)4)12-19-21-18(14-23(5,6)15-20(21)26)24-25(19)17-10-8-7-9-11-17/h7-11,16,19,24H,12-15H2,1-6H3. The number of nitrogens with zero attached hydrogens (tertiary/aromatic N) is 1. The van der Waals surface area contributed by atoms with Gasteiger partial charge in [-0.15, -0.1) is 0 Å². The third-order valence-corrected chi connectivity index (χ3v) is 5.44. The molecule has 0 saturated carbocycles. The third kappa shape index (κ3) is 4.13. The van der Waals surface area contributed by atoms with E-state index in [1.54, 1.807) is 0 Å². The molecule has 1 heterocycles. The van der Waals surface area contributed by atoms with E-state index in [2.05, 4.69) is 76.2 Å². The van der Waals surface area contributed by atoms with Crippen molar-refractivity contribution in [2.24, 2.45) is 16.7 Å². The van der Waals surface area contributed by atoms with E-state index in [9.17, 15) is 4.79 Å².